The Bertz CT molecular complexity index is 596. The molecule has 8 heteroatoms. The summed E-state index contributed by atoms with van der Waals surface area (Å²) in [5, 5.41) is 3.69. The molecule has 0 saturated carbocycles. The van der Waals surface area contributed by atoms with E-state index in [1.165, 1.54) is 0 Å². The Balaban J connectivity index is 0.00000176. The van der Waals surface area contributed by atoms with Gasteiger partial charge < -0.3 is 9.88 Å². The third-order valence-corrected chi connectivity index (χ3v) is 6.37. The van der Waals surface area contributed by atoms with Crippen LogP contribution in [-0.4, -0.2) is 48.0 Å². The summed E-state index contributed by atoms with van der Waals surface area (Å²) in [5.74, 6) is 0.912. The molecule has 1 aromatic rings. The van der Waals surface area contributed by atoms with Crippen molar-refractivity contribution in [2.45, 2.75) is 56.6 Å². The number of hydrogen-bond acceptors (Lipinski definition) is 4. The Morgan fingerprint density at radius 3 is 2.82 bits per heavy atom. The van der Waals surface area contributed by atoms with Gasteiger partial charge in [0.25, 0.3) is 10.0 Å². The second-order valence-electron chi connectivity index (χ2n) is 5.86. The van der Waals surface area contributed by atoms with Crippen LogP contribution in [0.2, 0.25) is 0 Å². The second-order valence-corrected chi connectivity index (χ2v) is 7.70. The highest BCUT2D eigenvalue weighted by Gasteiger charge is 2.35. The first-order chi connectivity index (χ1) is 10.1. The Morgan fingerprint density at radius 2 is 2.14 bits per heavy atom. The minimum absolute atomic E-state index is 0. The molecule has 0 unspecified atom stereocenters. The summed E-state index contributed by atoms with van der Waals surface area (Å²) in [6, 6.07) is 0.115. The van der Waals surface area contributed by atoms with Crippen molar-refractivity contribution in [1.82, 2.24) is 19.2 Å². The van der Waals surface area contributed by atoms with Crippen LogP contribution in [0.1, 0.15) is 38.4 Å². The summed E-state index contributed by atoms with van der Waals surface area (Å²) in [6.07, 6.45) is 6.04. The van der Waals surface area contributed by atoms with Gasteiger partial charge in [-0.1, -0.05) is 6.92 Å². The first kappa shape index (κ1) is 17.7. The van der Waals surface area contributed by atoms with E-state index in [-0.39, 0.29) is 18.4 Å². The number of sulfonamides is 1. The van der Waals surface area contributed by atoms with E-state index in [2.05, 4.69) is 10.3 Å². The van der Waals surface area contributed by atoms with Gasteiger partial charge in [0, 0.05) is 25.6 Å². The van der Waals surface area contributed by atoms with Gasteiger partial charge in [0.1, 0.15) is 5.82 Å². The Morgan fingerprint density at radius 1 is 1.41 bits per heavy atom. The average Bonchev–Trinajstić information content (AvgIpc) is 3.08. The summed E-state index contributed by atoms with van der Waals surface area (Å²) >= 11 is 0. The molecule has 0 radical (unpaired) electrons. The number of hydrogen-bond donors (Lipinski definition) is 1. The minimum Gasteiger partial charge on any atom is -0.318 e. The van der Waals surface area contributed by atoms with Crippen molar-refractivity contribution in [2.75, 3.05) is 19.6 Å². The van der Waals surface area contributed by atoms with Crippen molar-refractivity contribution in [1.29, 1.82) is 0 Å². The van der Waals surface area contributed by atoms with Crippen molar-refractivity contribution in [3.05, 3.63) is 12.0 Å². The van der Waals surface area contributed by atoms with Gasteiger partial charge >= 0.3 is 0 Å². The van der Waals surface area contributed by atoms with Crippen LogP contribution in [-0.2, 0) is 23.0 Å². The zero-order chi connectivity index (χ0) is 14.9. The molecule has 0 amide bonds. The number of aromatic nitrogens is 2. The maximum atomic E-state index is 13.1. The lowest BCUT2D eigenvalue weighted by atomic mass is 10.1. The lowest BCUT2D eigenvalue weighted by Gasteiger charge is -2.33. The van der Waals surface area contributed by atoms with E-state index >= 15 is 0 Å². The molecule has 0 atom stereocenters. The normalized spacial score (nSPS) is 19.2. The van der Waals surface area contributed by atoms with Crippen LogP contribution in [0.25, 0.3) is 0 Å². The maximum Gasteiger partial charge on any atom is 0.260 e. The van der Waals surface area contributed by atoms with Crippen LogP contribution in [0, 0.1) is 0 Å². The number of imidazole rings is 1. The molecule has 6 nitrogen and oxygen atoms in total. The fourth-order valence-electron chi connectivity index (χ4n) is 3.37. The molecule has 1 saturated heterocycles. The molecule has 1 aromatic heterocycles. The summed E-state index contributed by atoms with van der Waals surface area (Å²) < 4.78 is 29.8. The SMILES string of the molecule is CCCN(C1CCNCC1)S(=O)(=O)c1cnc2n1CCC2.Cl. The molecule has 126 valence electrons. The van der Waals surface area contributed by atoms with Crippen LogP contribution in [0.5, 0.6) is 0 Å². The predicted octanol–water partition coefficient (Wildman–Crippen LogP) is 1.40. The minimum atomic E-state index is -3.44. The predicted molar refractivity (Wildman–Crippen MR) is 87.9 cm³/mol. The summed E-state index contributed by atoms with van der Waals surface area (Å²) in [6.45, 7) is 5.18. The molecule has 0 aliphatic carbocycles. The van der Waals surface area contributed by atoms with Crippen LogP contribution < -0.4 is 5.32 Å². The largest absolute Gasteiger partial charge is 0.318 e. The van der Waals surface area contributed by atoms with Gasteiger partial charge in [0.05, 0.1) is 6.20 Å². The van der Waals surface area contributed by atoms with Crippen molar-refractivity contribution < 1.29 is 8.42 Å². The number of halogens is 1. The zero-order valence-electron chi connectivity index (χ0n) is 13.0. The topological polar surface area (TPSA) is 67.2 Å². The lowest BCUT2D eigenvalue weighted by Crippen LogP contribution is -2.46. The molecular weight excluding hydrogens is 324 g/mol. The van der Waals surface area contributed by atoms with Crippen molar-refractivity contribution in [2.24, 2.45) is 0 Å². The fraction of sp³-hybridized carbons (Fsp3) is 0.786. The number of fused-ring (bicyclic) bond motifs is 1. The summed E-state index contributed by atoms with van der Waals surface area (Å²) in [4.78, 5) is 4.30. The molecule has 2 aliphatic heterocycles. The zero-order valence-corrected chi connectivity index (χ0v) is 14.6. The average molecular weight is 349 g/mol. The van der Waals surface area contributed by atoms with E-state index in [1.807, 2.05) is 11.5 Å². The Kier molecular flexibility index (Phi) is 5.87. The van der Waals surface area contributed by atoms with Crippen molar-refractivity contribution >= 4 is 22.4 Å². The van der Waals surface area contributed by atoms with Gasteiger partial charge in [-0.25, -0.2) is 13.4 Å². The maximum absolute atomic E-state index is 13.1. The number of piperidine rings is 1. The quantitative estimate of drug-likeness (QED) is 0.873. The number of nitrogens with one attached hydrogen (secondary N) is 1. The highest BCUT2D eigenvalue weighted by molar-refractivity contribution is 7.89. The third kappa shape index (κ3) is 3.18. The van der Waals surface area contributed by atoms with Crippen molar-refractivity contribution in [3.8, 4) is 0 Å². The highest BCUT2D eigenvalue weighted by atomic mass is 35.5. The van der Waals surface area contributed by atoms with Gasteiger partial charge in [0.2, 0.25) is 0 Å². The van der Waals surface area contributed by atoms with Gasteiger partial charge in [-0.2, -0.15) is 4.31 Å². The summed E-state index contributed by atoms with van der Waals surface area (Å²) in [5.41, 5.74) is 0. The molecule has 0 bridgehead atoms. The molecule has 2 aliphatic rings. The Labute approximate surface area is 138 Å². The smallest absolute Gasteiger partial charge is 0.260 e. The third-order valence-electron chi connectivity index (χ3n) is 4.42. The number of aryl methyl sites for hydroxylation is 1. The van der Waals surface area contributed by atoms with Crippen molar-refractivity contribution in [3.63, 3.8) is 0 Å². The van der Waals surface area contributed by atoms with E-state index < -0.39 is 10.0 Å². The number of nitrogens with zero attached hydrogens (tertiary/aromatic N) is 3. The van der Waals surface area contributed by atoms with E-state index in [0.29, 0.717) is 11.6 Å². The standard InChI is InChI=1S/C14H24N4O2S.ClH/c1-2-9-18(12-5-7-15-8-6-12)21(19,20)14-11-16-13-4-3-10-17(13)14;/h11-12,15H,2-10H2,1H3;1H. The molecule has 22 heavy (non-hydrogen) atoms. The van der Waals surface area contributed by atoms with Crippen LogP contribution in [0.15, 0.2) is 11.2 Å². The van der Waals surface area contributed by atoms with Gasteiger partial charge in [-0.3, -0.25) is 0 Å². The number of rotatable bonds is 5. The Hall–Kier alpha value is -0.630. The van der Waals surface area contributed by atoms with Gasteiger partial charge in [-0.05, 0) is 38.8 Å². The molecule has 3 heterocycles. The molecule has 0 aromatic carbocycles. The monoisotopic (exact) mass is 348 g/mol. The van der Waals surface area contributed by atoms with E-state index in [9.17, 15) is 8.42 Å². The molecule has 1 fully saturated rings. The lowest BCUT2D eigenvalue weighted by molar-refractivity contribution is 0.261. The van der Waals surface area contributed by atoms with Crippen LogP contribution in [0.4, 0.5) is 0 Å². The van der Waals surface area contributed by atoms with Gasteiger partial charge in [-0.15, -0.1) is 12.4 Å². The molecule has 0 spiro atoms. The second kappa shape index (κ2) is 7.29. The summed E-state index contributed by atoms with van der Waals surface area (Å²) in [7, 11) is -3.44. The highest BCUT2D eigenvalue weighted by Crippen LogP contribution is 2.26. The van der Waals surface area contributed by atoms with E-state index in [0.717, 1.165) is 57.6 Å². The van der Waals surface area contributed by atoms with E-state index in [1.54, 1.807) is 10.5 Å². The molecule has 1 N–H and O–H groups in total. The molecule has 3 rings (SSSR count). The van der Waals surface area contributed by atoms with Gasteiger partial charge in [0.15, 0.2) is 5.03 Å². The first-order valence-electron chi connectivity index (χ1n) is 7.91. The van der Waals surface area contributed by atoms with Crippen LogP contribution in [0.3, 0.4) is 0 Å². The molecular formula is C14H25ClN4O2S. The van der Waals surface area contributed by atoms with Crippen LogP contribution >= 0.6 is 12.4 Å². The van der Waals surface area contributed by atoms with E-state index in [4.69, 9.17) is 0 Å². The first-order valence-corrected chi connectivity index (χ1v) is 9.35. The fourth-order valence-corrected chi connectivity index (χ4v) is 5.30.